The van der Waals surface area contributed by atoms with Gasteiger partial charge in [0, 0.05) is 29.4 Å². The number of pyridine rings is 1. The summed E-state index contributed by atoms with van der Waals surface area (Å²) in [6.07, 6.45) is 5.78. The van der Waals surface area contributed by atoms with Gasteiger partial charge in [-0.2, -0.15) is 0 Å². The summed E-state index contributed by atoms with van der Waals surface area (Å²) in [5, 5.41) is 16.1. The number of hydrogen-bond acceptors (Lipinski definition) is 7. The normalized spacial score (nSPS) is 26.2. The fourth-order valence-electron chi connectivity index (χ4n) is 6.40. The first-order valence-corrected chi connectivity index (χ1v) is 16.0. The van der Waals surface area contributed by atoms with E-state index in [9.17, 15) is 24.3 Å². The number of ether oxygens (including phenoxy) is 2. The number of nitrogens with one attached hydrogen (secondary N) is 2. The number of unbranched alkanes of at least 4 members (excludes halogenated alkanes) is 1. The number of cyclic esters (lactones) is 1. The Balaban J connectivity index is 1.40. The number of alkyl carbamates (subject to hydrolysis) is 1. The molecule has 1 aromatic heterocycles. The number of fused-ring (bicyclic) bond motifs is 3. The van der Waals surface area contributed by atoms with Crippen LogP contribution in [0.25, 0.3) is 28.2 Å². The fraction of sp³-hybridized carbons (Fsp3) is 0.361. The van der Waals surface area contributed by atoms with Crippen LogP contribution in [0.2, 0.25) is 0 Å². The van der Waals surface area contributed by atoms with Crippen LogP contribution in [-0.4, -0.2) is 75.7 Å². The zero-order valence-electron chi connectivity index (χ0n) is 26.2. The molecular weight excluding hydrogens is 600 g/mol. The summed E-state index contributed by atoms with van der Waals surface area (Å²) in [6, 6.07) is 15.3. The van der Waals surface area contributed by atoms with Crippen molar-refractivity contribution in [3.05, 3.63) is 78.9 Å². The number of carboxylic acids is 1. The molecule has 3 amide bonds. The van der Waals surface area contributed by atoms with Crippen molar-refractivity contribution in [3.8, 4) is 17.0 Å². The third kappa shape index (κ3) is 6.56. The average Bonchev–Trinajstić information content (AvgIpc) is 3.64. The second kappa shape index (κ2) is 13.3. The molecule has 4 bridgehead atoms. The number of aromatic nitrogens is 1. The van der Waals surface area contributed by atoms with E-state index in [-0.39, 0.29) is 26.0 Å². The molecule has 11 nitrogen and oxygen atoms in total. The second-order valence-corrected chi connectivity index (χ2v) is 12.3. The highest BCUT2D eigenvalue weighted by molar-refractivity contribution is 5.96. The average molecular weight is 639 g/mol. The van der Waals surface area contributed by atoms with E-state index >= 15 is 0 Å². The number of carboxylic acid groups (broad SMARTS) is 1. The van der Waals surface area contributed by atoms with E-state index in [4.69, 9.17) is 14.5 Å². The Morgan fingerprint density at radius 1 is 1.19 bits per heavy atom. The summed E-state index contributed by atoms with van der Waals surface area (Å²) in [4.78, 5) is 59.2. The molecule has 2 aliphatic heterocycles. The lowest BCUT2D eigenvalue weighted by Gasteiger charge is -2.29. The molecule has 47 heavy (non-hydrogen) atoms. The lowest BCUT2D eigenvalue weighted by atomic mass is 10.1. The van der Waals surface area contributed by atoms with Crippen molar-refractivity contribution in [1.82, 2.24) is 20.5 Å². The number of amides is 3. The van der Waals surface area contributed by atoms with Crippen molar-refractivity contribution >= 4 is 40.9 Å². The van der Waals surface area contributed by atoms with E-state index in [1.807, 2.05) is 67.6 Å². The van der Waals surface area contributed by atoms with Gasteiger partial charge in [-0.1, -0.05) is 68.3 Å². The van der Waals surface area contributed by atoms with E-state index < -0.39 is 53.5 Å². The number of carbonyl (C=O) groups is 4. The van der Waals surface area contributed by atoms with Crippen molar-refractivity contribution in [2.45, 2.75) is 62.8 Å². The van der Waals surface area contributed by atoms with E-state index in [1.165, 1.54) is 11.0 Å². The maximum Gasteiger partial charge on any atom is 0.408 e. The molecule has 11 heteroatoms. The molecule has 2 aromatic carbocycles. The van der Waals surface area contributed by atoms with Gasteiger partial charge in [0.25, 0.3) is 0 Å². The van der Waals surface area contributed by atoms with Crippen LogP contribution in [0.1, 0.15) is 44.6 Å². The van der Waals surface area contributed by atoms with Crippen molar-refractivity contribution in [2.24, 2.45) is 5.92 Å². The summed E-state index contributed by atoms with van der Waals surface area (Å²) in [5.41, 5.74) is 1.67. The molecule has 2 unspecified atom stereocenters. The largest absolute Gasteiger partial charge is 0.488 e. The van der Waals surface area contributed by atoms with Crippen LogP contribution < -0.4 is 15.4 Å². The van der Waals surface area contributed by atoms with Gasteiger partial charge in [-0.05, 0) is 36.6 Å². The van der Waals surface area contributed by atoms with Gasteiger partial charge >= 0.3 is 12.1 Å². The first-order chi connectivity index (χ1) is 22.7. The van der Waals surface area contributed by atoms with Crippen LogP contribution in [0.3, 0.4) is 0 Å². The topological polar surface area (TPSA) is 147 Å². The number of rotatable bonds is 8. The summed E-state index contributed by atoms with van der Waals surface area (Å²) >= 11 is 0. The molecule has 2 fully saturated rings. The fourth-order valence-corrected chi connectivity index (χ4v) is 6.40. The van der Waals surface area contributed by atoms with Gasteiger partial charge in [-0.3, -0.25) is 9.59 Å². The van der Waals surface area contributed by atoms with Crippen LogP contribution in [0.4, 0.5) is 4.79 Å². The maximum absolute atomic E-state index is 14.1. The summed E-state index contributed by atoms with van der Waals surface area (Å²) in [5.74, 6) is -2.10. The third-order valence-electron chi connectivity index (χ3n) is 9.09. The van der Waals surface area contributed by atoms with Gasteiger partial charge in [0.15, 0.2) is 0 Å². The quantitative estimate of drug-likeness (QED) is 0.301. The molecule has 3 heterocycles. The van der Waals surface area contributed by atoms with Gasteiger partial charge in [-0.15, -0.1) is 6.58 Å². The van der Waals surface area contributed by atoms with Gasteiger partial charge < -0.3 is 30.1 Å². The Kier molecular flexibility index (Phi) is 8.97. The summed E-state index contributed by atoms with van der Waals surface area (Å²) in [6.45, 7) is 5.71. The molecule has 1 saturated heterocycles. The second-order valence-electron chi connectivity index (χ2n) is 12.3. The zero-order valence-corrected chi connectivity index (χ0v) is 26.2. The van der Waals surface area contributed by atoms with E-state index in [1.54, 1.807) is 6.08 Å². The first-order valence-electron chi connectivity index (χ1n) is 16.0. The Morgan fingerprint density at radius 3 is 2.72 bits per heavy atom. The summed E-state index contributed by atoms with van der Waals surface area (Å²) < 4.78 is 12.0. The highest BCUT2D eigenvalue weighted by atomic mass is 16.5. The predicted octanol–water partition coefficient (Wildman–Crippen LogP) is 4.71. The highest BCUT2D eigenvalue weighted by Crippen LogP contribution is 2.45. The third-order valence-corrected chi connectivity index (χ3v) is 9.09. The van der Waals surface area contributed by atoms with Crippen LogP contribution in [-0.2, 0) is 19.1 Å². The molecule has 3 N–H and O–H groups in total. The maximum atomic E-state index is 14.1. The first kappa shape index (κ1) is 31.8. The standard InChI is InChI=1S/C36H38N4O7/c1-3-5-13-28-33(42)40-21-25(18-30(40)32(41)39-36(34(43)44)20-24(36)4-2)47-31-19-29(23-11-7-6-8-12-23)37-27-15-14-22(17-26(27)31)10-9-16-46-35(45)38-28/h4,6-12,14-15,17,19,24-25,28,30H,2-3,5,13,16,18,20-21H2,1H3,(H,38,45)(H,39,41)(H,43,44)/b10-9-/t24?,25-,28+,30+,36?/m1/s1. The molecule has 0 spiro atoms. The Bertz CT molecular complexity index is 1740. The zero-order chi connectivity index (χ0) is 33.1. The Hall–Kier alpha value is -5.19. The number of carbonyl (C=O) groups excluding carboxylic acids is 3. The molecule has 0 radical (unpaired) electrons. The molecule has 3 aromatic rings. The lowest BCUT2D eigenvalue weighted by molar-refractivity contribution is -0.145. The van der Waals surface area contributed by atoms with E-state index in [0.29, 0.717) is 29.8 Å². The van der Waals surface area contributed by atoms with Crippen LogP contribution in [0.15, 0.2) is 73.3 Å². The number of aliphatic carboxylic acids is 1. The number of nitrogens with zero attached hydrogens (tertiary/aromatic N) is 2. The highest BCUT2D eigenvalue weighted by Gasteiger charge is 2.61. The molecule has 1 aliphatic carbocycles. The van der Waals surface area contributed by atoms with Gasteiger partial charge in [0.2, 0.25) is 11.8 Å². The predicted molar refractivity (Wildman–Crippen MR) is 175 cm³/mol. The van der Waals surface area contributed by atoms with Crippen molar-refractivity contribution in [2.75, 3.05) is 13.2 Å². The molecule has 5 atom stereocenters. The van der Waals surface area contributed by atoms with Crippen LogP contribution in [0, 0.1) is 5.92 Å². The van der Waals surface area contributed by atoms with Gasteiger partial charge in [0.1, 0.15) is 36.1 Å². The minimum Gasteiger partial charge on any atom is -0.488 e. The number of benzene rings is 2. The van der Waals surface area contributed by atoms with Crippen molar-refractivity contribution in [1.29, 1.82) is 0 Å². The minimum atomic E-state index is -1.47. The SMILES string of the molecule is C=CC1CC1(NC(=O)[C@@H]1C[C@@H]2CN1C(=O)[C@H](CCCC)NC(=O)OC/C=C\c1ccc3nc(-c4ccccc4)cc(c3c1)O2)C(=O)O. The molecule has 244 valence electrons. The summed E-state index contributed by atoms with van der Waals surface area (Å²) in [7, 11) is 0. The molecule has 3 aliphatic rings. The smallest absolute Gasteiger partial charge is 0.408 e. The monoisotopic (exact) mass is 638 g/mol. The Morgan fingerprint density at radius 2 is 2.00 bits per heavy atom. The van der Waals surface area contributed by atoms with E-state index in [2.05, 4.69) is 17.2 Å². The van der Waals surface area contributed by atoms with Gasteiger partial charge in [0.05, 0.1) is 17.8 Å². The molecule has 6 rings (SSSR count). The lowest BCUT2D eigenvalue weighted by Crippen LogP contribution is -2.56. The van der Waals surface area contributed by atoms with E-state index in [0.717, 1.165) is 22.9 Å². The van der Waals surface area contributed by atoms with Crippen molar-refractivity contribution < 1.29 is 33.8 Å². The molecular formula is C36H38N4O7. The molecule has 1 saturated carbocycles. The Labute approximate surface area is 272 Å². The van der Waals surface area contributed by atoms with Crippen molar-refractivity contribution in [3.63, 3.8) is 0 Å². The number of hydrogen-bond donors (Lipinski definition) is 3. The van der Waals surface area contributed by atoms with Crippen LogP contribution in [0.5, 0.6) is 5.75 Å². The minimum absolute atomic E-state index is 0.0222. The van der Waals surface area contributed by atoms with Crippen LogP contribution >= 0.6 is 0 Å². The van der Waals surface area contributed by atoms with Gasteiger partial charge in [-0.25, -0.2) is 14.6 Å².